The molecule has 0 fully saturated rings. The number of hydrogen-bond donors (Lipinski definition) is 0. The van der Waals surface area contributed by atoms with Gasteiger partial charge < -0.3 is 0 Å². The maximum atomic E-state index is 2.39. The second-order valence-electron chi connectivity index (χ2n) is 9.07. The van der Waals surface area contributed by atoms with Gasteiger partial charge in [-0.2, -0.15) is 0 Å². The minimum Gasteiger partial charge on any atom is -0.0679 e. The lowest BCUT2D eigenvalue weighted by Gasteiger charge is -2.24. The van der Waals surface area contributed by atoms with E-state index in [1.807, 2.05) is 0 Å². The Bertz CT molecular complexity index is 1560. The van der Waals surface area contributed by atoms with Crippen LogP contribution in [0.25, 0.3) is 32.3 Å². The van der Waals surface area contributed by atoms with Crippen LogP contribution in [-0.4, -0.2) is 6.71 Å². The van der Waals surface area contributed by atoms with Crippen LogP contribution in [0.2, 0.25) is 0 Å². The number of fused-ring (bicyclic) bond motifs is 3. The molecule has 0 amide bonds. The van der Waals surface area contributed by atoms with Gasteiger partial charge in [-0.25, -0.2) is 0 Å². The summed E-state index contributed by atoms with van der Waals surface area (Å²) in [5.74, 6) is 0. The van der Waals surface area contributed by atoms with Crippen LogP contribution in [-0.2, 0) is 0 Å². The molecule has 0 atom stereocenters. The molecule has 0 aliphatic rings. The normalized spacial score (nSPS) is 11.3. The van der Waals surface area contributed by atoms with Gasteiger partial charge in [-0.1, -0.05) is 143 Å². The van der Waals surface area contributed by atoms with Crippen molar-refractivity contribution in [3.05, 3.63) is 126 Å². The fourth-order valence-corrected chi connectivity index (χ4v) is 5.44. The Morgan fingerprint density at radius 2 is 0.879 bits per heavy atom. The van der Waals surface area contributed by atoms with E-state index in [0.717, 1.165) is 0 Å². The van der Waals surface area contributed by atoms with Crippen LogP contribution in [0.15, 0.2) is 115 Å². The molecule has 0 N–H and O–H groups in total. The van der Waals surface area contributed by atoms with Crippen LogP contribution in [0.1, 0.15) is 11.1 Å². The monoisotopic (exact) mass is 420 g/mol. The summed E-state index contributed by atoms with van der Waals surface area (Å²) in [6.45, 7) is 4.67. The Hall–Kier alpha value is -3.84. The van der Waals surface area contributed by atoms with Crippen molar-refractivity contribution in [2.45, 2.75) is 13.8 Å². The quantitative estimate of drug-likeness (QED) is 0.296. The molecule has 0 bridgehead atoms. The van der Waals surface area contributed by atoms with Gasteiger partial charge in [-0.05, 0) is 46.2 Å². The van der Waals surface area contributed by atoms with Crippen LogP contribution < -0.4 is 16.4 Å². The molecule has 156 valence electrons. The molecule has 1 heteroatoms. The molecule has 0 nitrogen and oxygen atoms in total. The summed E-state index contributed by atoms with van der Waals surface area (Å²) in [6.07, 6.45) is 0. The van der Waals surface area contributed by atoms with Crippen molar-refractivity contribution in [2.75, 3.05) is 0 Å². The third kappa shape index (κ3) is 3.32. The molecule has 0 radical (unpaired) electrons. The van der Waals surface area contributed by atoms with Gasteiger partial charge in [0.15, 0.2) is 0 Å². The van der Waals surface area contributed by atoms with E-state index in [4.69, 9.17) is 0 Å². The Morgan fingerprint density at radius 1 is 0.424 bits per heavy atom. The van der Waals surface area contributed by atoms with Gasteiger partial charge in [0.2, 0.25) is 6.71 Å². The van der Waals surface area contributed by atoms with Crippen molar-refractivity contribution in [1.29, 1.82) is 0 Å². The number of hydrogen-bond acceptors (Lipinski definition) is 0. The maximum Gasteiger partial charge on any atom is 0.243 e. The Labute approximate surface area is 195 Å². The molecule has 0 spiro atoms. The van der Waals surface area contributed by atoms with Gasteiger partial charge in [0, 0.05) is 0 Å². The zero-order valence-corrected chi connectivity index (χ0v) is 19.0. The highest BCUT2D eigenvalue weighted by molar-refractivity contribution is 6.98. The van der Waals surface area contributed by atoms with Gasteiger partial charge >= 0.3 is 0 Å². The fraction of sp³-hybridized carbons (Fsp3) is 0.0625. The largest absolute Gasteiger partial charge is 0.243 e. The molecular weight excluding hydrogens is 395 g/mol. The van der Waals surface area contributed by atoms with E-state index in [2.05, 4.69) is 129 Å². The Balaban J connectivity index is 1.75. The molecule has 0 heterocycles. The highest BCUT2D eigenvalue weighted by Crippen LogP contribution is 2.20. The lowest BCUT2D eigenvalue weighted by molar-refractivity contribution is 1.52. The Morgan fingerprint density at radius 3 is 1.45 bits per heavy atom. The van der Waals surface area contributed by atoms with Gasteiger partial charge in [0.1, 0.15) is 0 Å². The predicted octanol–water partition coefficient (Wildman–Crippen LogP) is 6.28. The minimum absolute atomic E-state index is 0.145. The molecular formula is C32H25B. The van der Waals surface area contributed by atoms with Crippen LogP contribution in [0.5, 0.6) is 0 Å². The number of benzene rings is 6. The standard InChI is InChI=1S/C32H25B/c1-22-15-17-25-10-5-7-13-29(25)31(22)33(28-20-19-24-9-3-4-12-27(24)21-28)32-23(2)16-18-26-11-6-8-14-30(26)32/h3-21H,1-2H3. The van der Waals surface area contributed by atoms with E-state index in [0.29, 0.717) is 0 Å². The first-order valence-electron chi connectivity index (χ1n) is 11.7. The first-order valence-corrected chi connectivity index (χ1v) is 11.7. The topological polar surface area (TPSA) is 0 Å². The summed E-state index contributed by atoms with van der Waals surface area (Å²) >= 11 is 0. The third-order valence-electron chi connectivity index (χ3n) is 7.06. The molecule has 33 heavy (non-hydrogen) atoms. The van der Waals surface area contributed by atoms with Gasteiger partial charge in [0.25, 0.3) is 0 Å². The van der Waals surface area contributed by atoms with Gasteiger partial charge in [0.05, 0.1) is 0 Å². The number of rotatable bonds is 3. The first-order chi connectivity index (χ1) is 16.2. The molecule has 6 aromatic carbocycles. The van der Waals surface area contributed by atoms with E-state index in [1.165, 1.54) is 59.8 Å². The SMILES string of the molecule is Cc1ccc2ccccc2c1B(c1ccc2ccccc2c1)c1c(C)ccc2ccccc12. The van der Waals surface area contributed by atoms with Crippen LogP contribution in [0.3, 0.4) is 0 Å². The second-order valence-corrected chi connectivity index (χ2v) is 9.07. The highest BCUT2D eigenvalue weighted by atomic mass is 14.1. The lowest BCUT2D eigenvalue weighted by atomic mass is 9.34. The van der Waals surface area contributed by atoms with Crippen molar-refractivity contribution in [2.24, 2.45) is 0 Å². The molecule has 6 rings (SSSR count). The summed E-state index contributed by atoms with van der Waals surface area (Å²) in [7, 11) is 0. The molecule has 0 saturated heterocycles. The van der Waals surface area contributed by atoms with Gasteiger partial charge in [-0.15, -0.1) is 0 Å². The molecule has 0 unspecified atom stereocenters. The van der Waals surface area contributed by atoms with E-state index in [-0.39, 0.29) is 6.71 Å². The summed E-state index contributed by atoms with van der Waals surface area (Å²) in [4.78, 5) is 0. The third-order valence-corrected chi connectivity index (χ3v) is 7.06. The maximum absolute atomic E-state index is 2.39. The molecule has 0 aliphatic heterocycles. The first kappa shape index (κ1) is 19.8. The summed E-state index contributed by atoms with van der Waals surface area (Å²) in [5.41, 5.74) is 6.82. The second kappa shape index (κ2) is 7.94. The summed E-state index contributed by atoms with van der Waals surface area (Å²) in [6, 6.07) is 42.4. The fourth-order valence-electron chi connectivity index (χ4n) is 5.44. The lowest BCUT2D eigenvalue weighted by Crippen LogP contribution is -2.54. The van der Waals surface area contributed by atoms with Crippen LogP contribution >= 0.6 is 0 Å². The van der Waals surface area contributed by atoms with Crippen molar-refractivity contribution >= 4 is 55.4 Å². The summed E-state index contributed by atoms with van der Waals surface area (Å²) < 4.78 is 0. The smallest absolute Gasteiger partial charge is 0.0679 e. The highest BCUT2D eigenvalue weighted by Gasteiger charge is 2.28. The molecule has 0 aromatic heterocycles. The summed E-state index contributed by atoms with van der Waals surface area (Å²) in [5, 5.41) is 7.83. The average Bonchev–Trinajstić information content (AvgIpc) is 2.86. The van der Waals surface area contributed by atoms with Crippen molar-refractivity contribution < 1.29 is 0 Å². The number of aryl methyl sites for hydroxylation is 2. The molecule has 0 saturated carbocycles. The van der Waals surface area contributed by atoms with E-state index < -0.39 is 0 Å². The van der Waals surface area contributed by atoms with E-state index in [1.54, 1.807) is 0 Å². The zero-order chi connectivity index (χ0) is 22.4. The van der Waals surface area contributed by atoms with Crippen LogP contribution in [0, 0.1) is 13.8 Å². The minimum atomic E-state index is 0.145. The van der Waals surface area contributed by atoms with Gasteiger partial charge in [-0.3, -0.25) is 0 Å². The van der Waals surface area contributed by atoms with Crippen molar-refractivity contribution in [1.82, 2.24) is 0 Å². The molecule has 0 aliphatic carbocycles. The average molecular weight is 420 g/mol. The van der Waals surface area contributed by atoms with E-state index in [9.17, 15) is 0 Å². The van der Waals surface area contributed by atoms with Crippen LogP contribution in [0.4, 0.5) is 0 Å². The zero-order valence-electron chi connectivity index (χ0n) is 19.0. The van der Waals surface area contributed by atoms with E-state index >= 15 is 0 Å². The molecule has 6 aromatic rings. The van der Waals surface area contributed by atoms with Crippen molar-refractivity contribution in [3.8, 4) is 0 Å². The Kier molecular flexibility index (Phi) is 4.77. The predicted molar refractivity (Wildman–Crippen MR) is 146 cm³/mol. The van der Waals surface area contributed by atoms with Crippen molar-refractivity contribution in [3.63, 3.8) is 0 Å².